The topological polar surface area (TPSA) is 52.6 Å². The first-order valence-corrected chi connectivity index (χ1v) is 9.93. The molecule has 1 atom stereocenters. The molecular formula is C23H30N2O2. The molecule has 1 fully saturated rings. The molecule has 2 aromatic carbocycles. The average Bonchev–Trinajstić information content (AvgIpc) is 2.68. The van der Waals surface area contributed by atoms with Crippen molar-refractivity contribution in [2.24, 2.45) is 5.92 Å². The molecule has 1 saturated heterocycles. The molecule has 0 aliphatic carbocycles. The van der Waals surface area contributed by atoms with Crippen LogP contribution in [0.1, 0.15) is 43.7 Å². The van der Waals surface area contributed by atoms with Crippen LogP contribution in [0.5, 0.6) is 5.75 Å². The number of benzene rings is 2. The fourth-order valence-corrected chi connectivity index (χ4v) is 3.66. The molecule has 2 aromatic rings. The Labute approximate surface area is 162 Å². The minimum absolute atomic E-state index is 0.00409. The summed E-state index contributed by atoms with van der Waals surface area (Å²) in [6.07, 6.45) is 2.77. The number of phenolic OH excluding ortho intramolecular Hbond substituents is 1. The third-order valence-corrected chi connectivity index (χ3v) is 5.35. The molecule has 1 aliphatic heterocycles. The lowest BCUT2D eigenvalue weighted by Gasteiger charge is -2.33. The van der Waals surface area contributed by atoms with Crippen LogP contribution in [0, 0.1) is 5.92 Å². The van der Waals surface area contributed by atoms with Crippen molar-refractivity contribution in [1.82, 2.24) is 5.32 Å². The summed E-state index contributed by atoms with van der Waals surface area (Å²) in [6, 6.07) is 15.9. The summed E-state index contributed by atoms with van der Waals surface area (Å²) in [7, 11) is 0. The molecule has 0 radical (unpaired) electrons. The van der Waals surface area contributed by atoms with E-state index in [2.05, 4.69) is 48.3 Å². The van der Waals surface area contributed by atoms with Gasteiger partial charge >= 0.3 is 0 Å². The highest BCUT2D eigenvalue weighted by Crippen LogP contribution is 2.26. The largest absolute Gasteiger partial charge is 0.508 e. The molecule has 1 amide bonds. The number of carbonyl (C=O) groups excluding carboxylic acids is 1. The fraction of sp³-hybridized carbons (Fsp3) is 0.435. The average molecular weight is 367 g/mol. The van der Waals surface area contributed by atoms with Gasteiger partial charge in [-0.2, -0.15) is 0 Å². The molecular weight excluding hydrogens is 336 g/mol. The van der Waals surface area contributed by atoms with Gasteiger partial charge in [0, 0.05) is 31.4 Å². The van der Waals surface area contributed by atoms with Crippen LogP contribution in [0.2, 0.25) is 0 Å². The molecule has 0 spiro atoms. The summed E-state index contributed by atoms with van der Waals surface area (Å²) >= 11 is 0. The second-order valence-corrected chi connectivity index (χ2v) is 7.74. The molecule has 1 aliphatic rings. The Bertz CT molecular complexity index is 755. The van der Waals surface area contributed by atoms with Crippen LogP contribution in [0.25, 0.3) is 0 Å². The van der Waals surface area contributed by atoms with Crippen LogP contribution in [0.15, 0.2) is 48.5 Å². The third-order valence-electron chi connectivity index (χ3n) is 5.35. The smallest absolute Gasteiger partial charge is 0.224 e. The number of hydrogen-bond donors (Lipinski definition) is 2. The van der Waals surface area contributed by atoms with E-state index in [1.165, 1.54) is 11.1 Å². The van der Waals surface area contributed by atoms with Crippen molar-refractivity contribution >= 4 is 11.6 Å². The molecule has 0 bridgehead atoms. The van der Waals surface area contributed by atoms with E-state index < -0.39 is 0 Å². The highest BCUT2D eigenvalue weighted by molar-refractivity contribution is 5.79. The maximum absolute atomic E-state index is 12.6. The molecule has 3 rings (SSSR count). The minimum atomic E-state index is 0.00409. The summed E-state index contributed by atoms with van der Waals surface area (Å²) in [5.41, 5.74) is 3.58. The lowest BCUT2D eigenvalue weighted by Crippen LogP contribution is -2.43. The molecule has 1 unspecified atom stereocenters. The number of piperidine rings is 1. The summed E-state index contributed by atoms with van der Waals surface area (Å²) < 4.78 is 0. The first kappa shape index (κ1) is 19.3. The van der Waals surface area contributed by atoms with Crippen molar-refractivity contribution in [1.29, 1.82) is 0 Å². The van der Waals surface area contributed by atoms with Gasteiger partial charge in [0.2, 0.25) is 5.91 Å². The minimum Gasteiger partial charge on any atom is -0.508 e. The van der Waals surface area contributed by atoms with Gasteiger partial charge in [-0.25, -0.2) is 0 Å². The molecule has 2 N–H and O–H groups in total. The maximum atomic E-state index is 12.6. The van der Waals surface area contributed by atoms with Gasteiger partial charge in [0.05, 0.1) is 5.92 Å². The SMILES string of the molecule is CC(C)c1ccc(CCNC(=O)C2CCCN(c3cccc(O)c3)C2)cc1. The number of hydrogen-bond acceptors (Lipinski definition) is 3. The van der Waals surface area contributed by atoms with Crippen LogP contribution in [0.3, 0.4) is 0 Å². The van der Waals surface area contributed by atoms with Crippen molar-refractivity contribution in [2.45, 2.75) is 39.0 Å². The molecule has 4 heteroatoms. The van der Waals surface area contributed by atoms with E-state index in [9.17, 15) is 9.90 Å². The third kappa shape index (κ3) is 5.25. The van der Waals surface area contributed by atoms with Crippen LogP contribution >= 0.6 is 0 Å². The monoisotopic (exact) mass is 366 g/mol. The normalized spacial score (nSPS) is 17.1. The van der Waals surface area contributed by atoms with Crippen molar-refractivity contribution in [3.8, 4) is 5.75 Å². The second kappa shape index (κ2) is 8.94. The Morgan fingerprint density at radius 3 is 2.70 bits per heavy atom. The molecule has 144 valence electrons. The highest BCUT2D eigenvalue weighted by Gasteiger charge is 2.25. The molecule has 27 heavy (non-hydrogen) atoms. The molecule has 0 aromatic heterocycles. The van der Waals surface area contributed by atoms with Crippen molar-refractivity contribution in [2.75, 3.05) is 24.5 Å². The van der Waals surface area contributed by atoms with Gasteiger partial charge in [0.25, 0.3) is 0 Å². The summed E-state index contributed by atoms with van der Waals surface area (Å²) in [5, 5.41) is 12.8. The lowest BCUT2D eigenvalue weighted by atomic mass is 9.96. The van der Waals surface area contributed by atoms with Crippen LogP contribution in [-0.4, -0.2) is 30.6 Å². The number of carbonyl (C=O) groups is 1. The first-order chi connectivity index (χ1) is 13.0. The quantitative estimate of drug-likeness (QED) is 0.810. The van der Waals surface area contributed by atoms with Crippen molar-refractivity contribution in [3.63, 3.8) is 0 Å². The summed E-state index contributed by atoms with van der Waals surface area (Å²) in [6.45, 7) is 6.69. The Balaban J connectivity index is 1.49. The molecule has 4 nitrogen and oxygen atoms in total. The summed E-state index contributed by atoms with van der Waals surface area (Å²) in [5.74, 6) is 0.949. The van der Waals surface area contributed by atoms with E-state index in [-0.39, 0.29) is 17.6 Å². The predicted octanol–water partition coefficient (Wildman–Crippen LogP) is 4.09. The molecule has 1 heterocycles. The zero-order valence-corrected chi connectivity index (χ0v) is 16.3. The Kier molecular flexibility index (Phi) is 6.38. The van der Waals surface area contributed by atoms with E-state index in [0.29, 0.717) is 19.0 Å². The number of nitrogens with one attached hydrogen (secondary N) is 1. The van der Waals surface area contributed by atoms with Crippen molar-refractivity contribution < 1.29 is 9.90 Å². The van der Waals surface area contributed by atoms with E-state index in [1.807, 2.05) is 12.1 Å². The first-order valence-electron chi connectivity index (χ1n) is 9.93. The predicted molar refractivity (Wildman–Crippen MR) is 110 cm³/mol. The van der Waals surface area contributed by atoms with Crippen LogP contribution in [0.4, 0.5) is 5.69 Å². The van der Waals surface area contributed by atoms with E-state index in [4.69, 9.17) is 0 Å². The Morgan fingerprint density at radius 2 is 2.00 bits per heavy atom. The maximum Gasteiger partial charge on any atom is 0.224 e. The standard InChI is InChI=1S/C23H30N2O2/c1-17(2)19-10-8-18(9-11-19)12-13-24-23(27)20-5-4-14-25(16-20)21-6-3-7-22(26)15-21/h3,6-11,15,17,20,26H,4-5,12-14,16H2,1-2H3,(H,24,27). The zero-order valence-electron chi connectivity index (χ0n) is 16.3. The van der Waals surface area contributed by atoms with Gasteiger partial charge in [-0.3, -0.25) is 4.79 Å². The van der Waals surface area contributed by atoms with Gasteiger partial charge < -0.3 is 15.3 Å². The summed E-state index contributed by atoms with van der Waals surface area (Å²) in [4.78, 5) is 14.8. The fourth-order valence-electron chi connectivity index (χ4n) is 3.66. The highest BCUT2D eigenvalue weighted by atomic mass is 16.3. The number of aromatic hydroxyl groups is 1. The van der Waals surface area contributed by atoms with Crippen molar-refractivity contribution in [3.05, 3.63) is 59.7 Å². The van der Waals surface area contributed by atoms with Gasteiger partial charge in [-0.1, -0.05) is 44.2 Å². The Morgan fingerprint density at radius 1 is 1.22 bits per heavy atom. The number of nitrogens with zero attached hydrogens (tertiary/aromatic N) is 1. The zero-order chi connectivity index (χ0) is 19.2. The van der Waals surface area contributed by atoms with Gasteiger partial charge in [-0.15, -0.1) is 0 Å². The lowest BCUT2D eigenvalue weighted by molar-refractivity contribution is -0.125. The number of amides is 1. The van der Waals surface area contributed by atoms with Crippen LogP contribution < -0.4 is 10.2 Å². The second-order valence-electron chi connectivity index (χ2n) is 7.74. The van der Waals surface area contributed by atoms with Gasteiger partial charge in [0.1, 0.15) is 5.75 Å². The van der Waals surface area contributed by atoms with Crippen LogP contribution in [-0.2, 0) is 11.2 Å². The molecule has 0 saturated carbocycles. The number of rotatable bonds is 6. The Hall–Kier alpha value is -2.49. The number of phenols is 1. The van der Waals surface area contributed by atoms with E-state index in [0.717, 1.165) is 31.5 Å². The van der Waals surface area contributed by atoms with Gasteiger partial charge in [0.15, 0.2) is 0 Å². The number of anilines is 1. The van der Waals surface area contributed by atoms with Gasteiger partial charge in [-0.05, 0) is 48.4 Å². The van der Waals surface area contributed by atoms with E-state index in [1.54, 1.807) is 12.1 Å². The van der Waals surface area contributed by atoms with E-state index >= 15 is 0 Å².